The molecule has 1 aromatic rings. The van der Waals surface area contributed by atoms with Crippen molar-refractivity contribution in [1.29, 1.82) is 0 Å². The van der Waals surface area contributed by atoms with Gasteiger partial charge in [0, 0.05) is 18.4 Å². The predicted octanol–water partition coefficient (Wildman–Crippen LogP) is 2.53. The topological polar surface area (TPSA) is 80.7 Å². The second kappa shape index (κ2) is 6.48. The number of hydrogen-bond acceptors (Lipinski definition) is 5. The van der Waals surface area contributed by atoms with Crippen LogP contribution in [0.2, 0.25) is 0 Å². The SMILES string of the molecule is Cc1c(OCC2(NC(=O)OC(C)(C)C)CC2)ncc2c1CC(CO)C2. The summed E-state index contributed by atoms with van der Waals surface area (Å²) in [6.45, 7) is 8.15. The molecule has 6 nitrogen and oxygen atoms in total. The fourth-order valence-electron chi connectivity index (χ4n) is 3.27. The molecular weight excluding hydrogens is 320 g/mol. The van der Waals surface area contributed by atoms with Crippen molar-refractivity contribution >= 4 is 6.09 Å². The van der Waals surface area contributed by atoms with Gasteiger partial charge < -0.3 is 19.9 Å². The smallest absolute Gasteiger partial charge is 0.408 e. The van der Waals surface area contributed by atoms with Crippen LogP contribution in [0.4, 0.5) is 4.79 Å². The molecule has 1 unspecified atom stereocenters. The highest BCUT2D eigenvalue weighted by Gasteiger charge is 2.46. The van der Waals surface area contributed by atoms with Crippen LogP contribution in [0, 0.1) is 12.8 Å². The van der Waals surface area contributed by atoms with Gasteiger partial charge >= 0.3 is 6.09 Å². The van der Waals surface area contributed by atoms with Crippen molar-refractivity contribution in [3.8, 4) is 5.88 Å². The van der Waals surface area contributed by atoms with Crippen LogP contribution in [0.1, 0.15) is 50.3 Å². The Hall–Kier alpha value is -1.82. The van der Waals surface area contributed by atoms with E-state index in [0.717, 1.165) is 31.2 Å². The number of carbonyl (C=O) groups is 1. The Bertz CT molecular complexity index is 662. The fraction of sp³-hybridized carbons (Fsp3) is 0.684. The van der Waals surface area contributed by atoms with Crippen molar-refractivity contribution in [3.05, 3.63) is 22.9 Å². The number of aromatic nitrogens is 1. The van der Waals surface area contributed by atoms with Gasteiger partial charge in [0.15, 0.2) is 0 Å². The molecule has 2 aliphatic rings. The monoisotopic (exact) mass is 348 g/mol. The van der Waals surface area contributed by atoms with E-state index in [4.69, 9.17) is 9.47 Å². The zero-order valence-electron chi connectivity index (χ0n) is 15.5. The van der Waals surface area contributed by atoms with Gasteiger partial charge in [0.05, 0.1) is 5.54 Å². The van der Waals surface area contributed by atoms with Gasteiger partial charge in [-0.05, 0) is 70.4 Å². The molecule has 1 fully saturated rings. The van der Waals surface area contributed by atoms with Gasteiger partial charge in [-0.25, -0.2) is 9.78 Å². The molecule has 1 saturated carbocycles. The average molecular weight is 348 g/mol. The molecule has 0 radical (unpaired) electrons. The van der Waals surface area contributed by atoms with E-state index in [9.17, 15) is 9.90 Å². The molecular formula is C19H28N2O4. The van der Waals surface area contributed by atoms with E-state index in [0.29, 0.717) is 12.5 Å². The van der Waals surface area contributed by atoms with Crippen LogP contribution in [0.5, 0.6) is 5.88 Å². The van der Waals surface area contributed by atoms with Crippen molar-refractivity contribution in [2.24, 2.45) is 5.92 Å². The summed E-state index contributed by atoms with van der Waals surface area (Å²) >= 11 is 0. The van der Waals surface area contributed by atoms with Crippen molar-refractivity contribution in [1.82, 2.24) is 10.3 Å². The van der Waals surface area contributed by atoms with E-state index in [1.165, 1.54) is 11.1 Å². The Morgan fingerprint density at radius 1 is 1.40 bits per heavy atom. The Morgan fingerprint density at radius 2 is 2.12 bits per heavy atom. The number of aliphatic hydroxyl groups excluding tert-OH is 1. The summed E-state index contributed by atoms with van der Waals surface area (Å²) in [5.41, 5.74) is 2.64. The molecule has 0 aliphatic heterocycles. The minimum Gasteiger partial charge on any atom is -0.475 e. The maximum Gasteiger partial charge on any atom is 0.408 e. The highest BCUT2D eigenvalue weighted by atomic mass is 16.6. The van der Waals surface area contributed by atoms with Crippen LogP contribution < -0.4 is 10.1 Å². The van der Waals surface area contributed by atoms with Gasteiger partial charge in [0.2, 0.25) is 5.88 Å². The summed E-state index contributed by atoms with van der Waals surface area (Å²) in [6, 6.07) is 0. The zero-order chi connectivity index (χ0) is 18.2. The molecule has 25 heavy (non-hydrogen) atoms. The van der Waals surface area contributed by atoms with E-state index in [-0.39, 0.29) is 18.1 Å². The van der Waals surface area contributed by atoms with Crippen LogP contribution in [-0.4, -0.2) is 40.5 Å². The predicted molar refractivity (Wildman–Crippen MR) is 93.8 cm³/mol. The number of aliphatic hydroxyl groups is 1. The lowest BCUT2D eigenvalue weighted by Crippen LogP contribution is -2.44. The molecule has 0 bridgehead atoms. The maximum absolute atomic E-state index is 12.0. The van der Waals surface area contributed by atoms with Crippen LogP contribution in [-0.2, 0) is 17.6 Å². The summed E-state index contributed by atoms with van der Waals surface area (Å²) < 4.78 is 11.3. The van der Waals surface area contributed by atoms with E-state index in [2.05, 4.69) is 10.3 Å². The lowest BCUT2D eigenvalue weighted by molar-refractivity contribution is 0.0476. The number of nitrogens with one attached hydrogen (secondary N) is 1. The van der Waals surface area contributed by atoms with E-state index < -0.39 is 11.7 Å². The second-order valence-corrected chi connectivity index (χ2v) is 8.34. The molecule has 0 aromatic carbocycles. The number of alkyl carbamates (subject to hydrolysis) is 1. The van der Waals surface area contributed by atoms with Gasteiger partial charge in [0.1, 0.15) is 12.2 Å². The van der Waals surface area contributed by atoms with Crippen molar-refractivity contribution in [2.75, 3.05) is 13.2 Å². The van der Waals surface area contributed by atoms with E-state index in [1.807, 2.05) is 33.9 Å². The molecule has 2 N–H and O–H groups in total. The van der Waals surface area contributed by atoms with Gasteiger partial charge in [-0.3, -0.25) is 0 Å². The number of fused-ring (bicyclic) bond motifs is 1. The number of ether oxygens (including phenoxy) is 2. The number of rotatable bonds is 5. The summed E-state index contributed by atoms with van der Waals surface area (Å²) in [7, 11) is 0. The number of carbonyl (C=O) groups excluding carboxylic acids is 1. The van der Waals surface area contributed by atoms with Crippen molar-refractivity contribution in [3.63, 3.8) is 0 Å². The summed E-state index contributed by atoms with van der Waals surface area (Å²) in [5, 5.41) is 12.3. The molecule has 0 saturated heterocycles. The van der Waals surface area contributed by atoms with Crippen LogP contribution in [0.3, 0.4) is 0 Å². The number of amides is 1. The minimum atomic E-state index is -0.512. The second-order valence-electron chi connectivity index (χ2n) is 8.34. The molecule has 2 aliphatic carbocycles. The summed E-state index contributed by atoms with van der Waals surface area (Å²) in [5.74, 6) is 0.906. The average Bonchev–Trinajstić information content (AvgIpc) is 3.12. The van der Waals surface area contributed by atoms with E-state index in [1.54, 1.807) is 0 Å². The third kappa shape index (κ3) is 4.24. The van der Waals surface area contributed by atoms with Crippen LogP contribution in [0.25, 0.3) is 0 Å². The third-order valence-corrected chi connectivity index (χ3v) is 4.86. The number of hydrogen-bond donors (Lipinski definition) is 2. The summed E-state index contributed by atoms with van der Waals surface area (Å²) in [6.07, 6.45) is 4.96. The van der Waals surface area contributed by atoms with Gasteiger partial charge in [-0.2, -0.15) is 0 Å². The Kier molecular flexibility index (Phi) is 4.66. The van der Waals surface area contributed by atoms with Crippen molar-refractivity contribution < 1.29 is 19.4 Å². The highest BCUT2D eigenvalue weighted by Crippen LogP contribution is 2.37. The molecule has 138 valence electrons. The first-order valence-corrected chi connectivity index (χ1v) is 8.93. The van der Waals surface area contributed by atoms with Gasteiger partial charge in [-0.1, -0.05) is 0 Å². The zero-order valence-corrected chi connectivity index (χ0v) is 15.5. The first-order chi connectivity index (χ1) is 11.7. The first-order valence-electron chi connectivity index (χ1n) is 8.93. The quantitative estimate of drug-likeness (QED) is 0.855. The lowest BCUT2D eigenvalue weighted by Gasteiger charge is -2.23. The molecule has 1 amide bonds. The largest absolute Gasteiger partial charge is 0.475 e. The molecule has 1 aromatic heterocycles. The normalized spacial score (nSPS) is 20.8. The number of pyridine rings is 1. The van der Waals surface area contributed by atoms with Gasteiger partial charge in [-0.15, -0.1) is 0 Å². The van der Waals surface area contributed by atoms with Crippen molar-refractivity contribution in [2.45, 2.75) is 64.5 Å². The molecule has 1 atom stereocenters. The minimum absolute atomic E-state index is 0.202. The van der Waals surface area contributed by atoms with E-state index >= 15 is 0 Å². The lowest BCUT2D eigenvalue weighted by atomic mass is 10.1. The molecule has 0 spiro atoms. The highest BCUT2D eigenvalue weighted by molar-refractivity contribution is 5.69. The van der Waals surface area contributed by atoms with Crippen LogP contribution in [0.15, 0.2) is 6.20 Å². The molecule has 3 rings (SSSR count). The van der Waals surface area contributed by atoms with Gasteiger partial charge in [0.25, 0.3) is 0 Å². The number of nitrogens with zero attached hydrogens (tertiary/aromatic N) is 1. The molecule has 1 heterocycles. The standard InChI is InChI=1S/C19H28N2O4/c1-12-15-8-13(10-22)7-14(15)9-20-16(12)24-11-19(5-6-19)21-17(23)25-18(2,3)4/h9,13,22H,5-8,10-11H2,1-4H3,(H,21,23). The first kappa shape index (κ1) is 18.0. The Balaban J connectivity index is 1.60. The summed E-state index contributed by atoms with van der Waals surface area (Å²) in [4.78, 5) is 16.4. The Labute approximate surface area is 148 Å². The Morgan fingerprint density at radius 3 is 2.72 bits per heavy atom. The fourth-order valence-corrected chi connectivity index (χ4v) is 3.27. The third-order valence-electron chi connectivity index (χ3n) is 4.86. The maximum atomic E-state index is 12.0. The van der Waals surface area contributed by atoms with Crippen LogP contribution >= 0.6 is 0 Å². The molecule has 6 heteroatoms.